The molecule has 5 heterocycles. The Morgan fingerprint density at radius 2 is 0.827 bits per heavy atom. The number of aromatic nitrogens is 4. The lowest BCUT2D eigenvalue weighted by Crippen LogP contribution is -2.59. The van der Waals surface area contributed by atoms with Gasteiger partial charge in [-0.15, -0.1) is 0 Å². The van der Waals surface area contributed by atoms with Crippen molar-refractivity contribution < 1.29 is 0 Å². The summed E-state index contributed by atoms with van der Waals surface area (Å²) in [6.07, 6.45) is 16.3. The maximum absolute atomic E-state index is 5.03. The Kier molecular flexibility index (Phi) is 9.87. The maximum Gasteiger partial charge on any atom is 0.252 e. The lowest BCUT2D eigenvalue weighted by Gasteiger charge is -2.35. The fourth-order valence-corrected chi connectivity index (χ4v) is 14.8. The van der Waals surface area contributed by atoms with Gasteiger partial charge in [-0.25, -0.2) is 9.97 Å². The fraction of sp³-hybridized carbons (Fsp3) is 0.171. The molecule has 12 aromatic rings. The van der Waals surface area contributed by atoms with Gasteiger partial charge in [-0.1, -0.05) is 184 Å². The van der Waals surface area contributed by atoms with E-state index in [1.807, 2.05) is 6.20 Å². The highest BCUT2D eigenvalue weighted by Crippen LogP contribution is 2.51. The van der Waals surface area contributed by atoms with Crippen molar-refractivity contribution in [2.24, 2.45) is 0 Å². The van der Waals surface area contributed by atoms with Gasteiger partial charge in [-0.2, -0.15) is 0 Å². The third-order valence-corrected chi connectivity index (χ3v) is 18.0. The molecule has 4 aliphatic rings. The highest BCUT2D eigenvalue weighted by Gasteiger charge is 2.43. The lowest BCUT2D eigenvalue weighted by molar-refractivity contribution is 0.445. The average Bonchev–Trinajstić information content (AvgIpc) is 4.04. The summed E-state index contributed by atoms with van der Waals surface area (Å²) in [6.45, 7) is -0.00331. The molecule has 3 aromatic heterocycles. The van der Waals surface area contributed by atoms with Gasteiger partial charge < -0.3 is 9.13 Å². The van der Waals surface area contributed by atoms with E-state index >= 15 is 0 Å². The Morgan fingerprint density at radius 3 is 1.25 bits per heavy atom. The normalized spacial score (nSPS) is 15.3. The summed E-state index contributed by atoms with van der Waals surface area (Å²) in [5.74, 6) is 0.998. The molecule has 0 saturated heterocycles. The molecule has 0 unspecified atom stereocenters. The van der Waals surface area contributed by atoms with Gasteiger partial charge in [0.1, 0.15) is 6.33 Å². The molecule has 2 aliphatic heterocycles. The van der Waals surface area contributed by atoms with E-state index in [0.29, 0.717) is 11.8 Å². The van der Waals surface area contributed by atoms with Crippen LogP contribution in [0.1, 0.15) is 87.2 Å². The maximum atomic E-state index is 5.03. The zero-order chi connectivity index (χ0) is 49.1. The number of nitrogens with zero attached hydrogens (tertiary/aromatic N) is 4. The molecule has 5 heteroatoms. The second-order valence-corrected chi connectivity index (χ2v) is 22.0. The van der Waals surface area contributed by atoms with E-state index in [2.05, 4.69) is 202 Å². The zero-order valence-corrected chi connectivity index (χ0v) is 42.1. The minimum absolute atomic E-state index is 0.00331. The van der Waals surface area contributed by atoms with Crippen LogP contribution in [0.3, 0.4) is 0 Å². The Morgan fingerprint density at radius 1 is 0.387 bits per heavy atom. The molecule has 358 valence electrons. The van der Waals surface area contributed by atoms with E-state index in [9.17, 15) is 0 Å². The first-order chi connectivity index (χ1) is 37.2. The van der Waals surface area contributed by atoms with Crippen LogP contribution in [-0.4, -0.2) is 25.8 Å². The molecule has 9 aromatic carbocycles. The number of hydrogen-bond acceptors (Lipinski definition) is 2. The van der Waals surface area contributed by atoms with Crippen LogP contribution in [-0.2, 0) is 0 Å². The molecular weight excluding hydrogens is 908 g/mol. The van der Waals surface area contributed by atoms with E-state index in [0.717, 1.165) is 11.3 Å². The summed E-state index contributed by atoms with van der Waals surface area (Å²) in [7, 11) is 0. The van der Waals surface area contributed by atoms with Gasteiger partial charge in [0.2, 0.25) is 0 Å². The van der Waals surface area contributed by atoms with Crippen molar-refractivity contribution >= 4 is 66.7 Å². The minimum Gasteiger partial charge on any atom is -0.310 e. The Bertz CT molecular complexity index is 3970. The van der Waals surface area contributed by atoms with Gasteiger partial charge in [0, 0.05) is 55.7 Å². The largest absolute Gasteiger partial charge is 0.310 e. The predicted octanol–water partition coefficient (Wildman–Crippen LogP) is 16.2. The highest BCUT2D eigenvalue weighted by molar-refractivity contribution is 7.00. The van der Waals surface area contributed by atoms with Crippen LogP contribution in [0.25, 0.3) is 111 Å². The standard InChI is InChI=1S/C70H55BN4/c1-7-19-44(20-8-1)50-37-55(48-27-15-5-16-28-48)64-60(39-50)74-62-41-52(59-35-36-72-43-73-59)42-63-68(62)71(57-33-31-53(66(64)69(57)74)46-23-11-3-12-24-46)58-34-32-54(47-25-13-4-14-26-47)67-65-56(49-29-17-6-18-30-49)38-51(45-21-9-2-10-22-45)40-61(65)75(63)70(58)67/h1-2,5-10,15-22,27-43,46-47H,3-4,11-14,23-26H2. The molecule has 0 atom stereocenters. The average molecular weight is 963 g/mol. The fourth-order valence-electron chi connectivity index (χ4n) is 14.8. The monoisotopic (exact) mass is 962 g/mol. The van der Waals surface area contributed by atoms with Crippen molar-refractivity contribution in [2.75, 3.05) is 0 Å². The second kappa shape index (κ2) is 17.1. The summed E-state index contributed by atoms with van der Waals surface area (Å²) in [5.41, 5.74) is 26.9. The number of rotatable bonds is 7. The first kappa shape index (κ1) is 43.2. The van der Waals surface area contributed by atoms with Gasteiger partial charge >= 0.3 is 0 Å². The van der Waals surface area contributed by atoms with Crippen LogP contribution in [0.4, 0.5) is 0 Å². The smallest absolute Gasteiger partial charge is 0.252 e. The van der Waals surface area contributed by atoms with Crippen LogP contribution >= 0.6 is 0 Å². The molecule has 0 radical (unpaired) electrons. The van der Waals surface area contributed by atoms with E-state index in [1.165, 1.54) is 191 Å². The molecule has 75 heavy (non-hydrogen) atoms. The molecule has 0 spiro atoms. The van der Waals surface area contributed by atoms with Gasteiger partial charge in [0.05, 0.1) is 16.7 Å². The molecular formula is C70H55BN4. The summed E-state index contributed by atoms with van der Waals surface area (Å²) < 4.78 is 5.45. The van der Waals surface area contributed by atoms with E-state index in [1.54, 1.807) is 6.33 Å². The van der Waals surface area contributed by atoms with Gasteiger partial charge in [-0.3, -0.25) is 0 Å². The minimum atomic E-state index is -0.00331. The van der Waals surface area contributed by atoms with Crippen molar-refractivity contribution in [1.82, 2.24) is 19.1 Å². The van der Waals surface area contributed by atoms with Crippen LogP contribution in [0.15, 0.2) is 201 Å². The molecule has 0 bridgehead atoms. The van der Waals surface area contributed by atoms with E-state index in [4.69, 9.17) is 4.98 Å². The molecule has 4 nitrogen and oxygen atoms in total. The summed E-state index contributed by atoms with van der Waals surface area (Å²) >= 11 is 0. The molecule has 2 aliphatic carbocycles. The van der Waals surface area contributed by atoms with Crippen molar-refractivity contribution in [3.05, 3.63) is 212 Å². The Hall–Kier alpha value is -8.28. The molecule has 16 rings (SSSR count). The van der Waals surface area contributed by atoms with Crippen LogP contribution < -0.4 is 16.4 Å². The summed E-state index contributed by atoms with van der Waals surface area (Å²) in [4.78, 5) is 9.49. The lowest BCUT2D eigenvalue weighted by atomic mass is 9.34. The quantitative estimate of drug-likeness (QED) is 0.149. The first-order valence-corrected chi connectivity index (χ1v) is 27.7. The summed E-state index contributed by atoms with van der Waals surface area (Å²) in [6, 6.07) is 71.9. The first-order valence-electron chi connectivity index (χ1n) is 27.7. The molecule has 2 fully saturated rings. The van der Waals surface area contributed by atoms with Gasteiger partial charge in [-0.05, 0) is 152 Å². The van der Waals surface area contributed by atoms with Crippen molar-refractivity contribution in [3.63, 3.8) is 0 Å². The molecule has 0 N–H and O–H groups in total. The van der Waals surface area contributed by atoms with Crippen LogP contribution in [0.5, 0.6) is 0 Å². The molecule has 2 saturated carbocycles. The van der Waals surface area contributed by atoms with Gasteiger partial charge in [0.15, 0.2) is 0 Å². The zero-order valence-electron chi connectivity index (χ0n) is 42.1. The third kappa shape index (κ3) is 6.56. The number of fused-ring (bicyclic) bond motifs is 10. The van der Waals surface area contributed by atoms with Crippen molar-refractivity contribution in [3.8, 4) is 67.1 Å². The predicted molar refractivity (Wildman–Crippen MR) is 314 cm³/mol. The number of hydrogen-bond donors (Lipinski definition) is 0. The second-order valence-electron chi connectivity index (χ2n) is 22.0. The van der Waals surface area contributed by atoms with E-state index in [-0.39, 0.29) is 6.71 Å². The number of benzene rings is 9. The van der Waals surface area contributed by atoms with Crippen molar-refractivity contribution in [1.29, 1.82) is 0 Å². The van der Waals surface area contributed by atoms with E-state index < -0.39 is 0 Å². The van der Waals surface area contributed by atoms with Crippen LogP contribution in [0.2, 0.25) is 0 Å². The Labute approximate surface area is 438 Å². The molecule has 0 amide bonds. The Balaban J connectivity index is 1.11. The third-order valence-electron chi connectivity index (χ3n) is 18.0. The van der Waals surface area contributed by atoms with Crippen LogP contribution in [0, 0.1) is 0 Å². The highest BCUT2D eigenvalue weighted by atomic mass is 15.0. The summed E-state index contributed by atoms with van der Waals surface area (Å²) in [5, 5.41) is 5.60. The SMILES string of the molecule is c1ccc(-c2cc(-c3ccccc3)c3c4c(C5CCCCC5)ccc5c4n(c3c2)-c2cc(-c3ccncn3)cc3c2B5c2ccc(C4CCCCC4)c4c5c(-c6ccccc6)cc(-c6ccccc6)cc5n-3c24)cc1. The topological polar surface area (TPSA) is 35.6 Å². The van der Waals surface area contributed by atoms with Gasteiger partial charge in [0.25, 0.3) is 6.71 Å². The van der Waals surface area contributed by atoms with Crippen molar-refractivity contribution in [2.45, 2.75) is 76.0 Å².